The van der Waals surface area contributed by atoms with Crippen molar-refractivity contribution in [2.24, 2.45) is 0 Å². The molecular formula is C19H17F3N4O4S. The third-order valence-electron chi connectivity index (χ3n) is 4.82. The van der Waals surface area contributed by atoms with Crippen LogP contribution in [0.3, 0.4) is 0 Å². The van der Waals surface area contributed by atoms with Gasteiger partial charge >= 0.3 is 0 Å². The maximum Gasteiger partial charge on any atom is 0.194 e. The van der Waals surface area contributed by atoms with Gasteiger partial charge in [-0.3, -0.25) is 0 Å². The van der Waals surface area contributed by atoms with E-state index in [2.05, 4.69) is 15.3 Å². The van der Waals surface area contributed by atoms with Crippen molar-refractivity contribution in [3.63, 3.8) is 0 Å². The Morgan fingerprint density at radius 1 is 1.10 bits per heavy atom. The average molecular weight is 454 g/mol. The highest BCUT2D eigenvalue weighted by molar-refractivity contribution is 7.99. The first-order valence-electron chi connectivity index (χ1n) is 9.16. The molecule has 0 saturated carbocycles. The van der Waals surface area contributed by atoms with Crippen molar-refractivity contribution in [2.45, 2.75) is 34.8 Å². The molecule has 1 fully saturated rings. The number of aliphatic hydroxyl groups excluding tert-OH is 3. The fourth-order valence-corrected chi connectivity index (χ4v) is 4.29. The summed E-state index contributed by atoms with van der Waals surface area (Å²) in [6.07, 6.45) is -0.885. The van der Waals surface area contributed by atoms with Crippen molar-refractivity contribution in [2.75, 3.05) is 6.61 Å². The van der Waals surface area contributed by atoms with Gasteiger partial charge in [0, 0.05) is 11.8 Å². The van der Waals surface area contributed by atoms with Crippen LogP contribution in [0, 0.1) is 17.5 Å². The largest absolute Gasteiger partial charge is 0.394 e. The van der Waals surface area contributed by atoms with Gasteiger partial charge in [0.1, 0.15) is 35.5 Å². The maximum atomic E-state index is 13.6. The van der Waals surface area contributed by atoms with Crippen LogP contribution < -0.4 is 0 Å². The van der Waals surface area contributed by atoms with E-state index in [0.717, 1.165) is 28.6 Å². The summed E-state index contributed by atoms with van der Waals surface area (Å²) in [5.41, 5.74) is -0.983. The molecule has 1 aromatic carbocycles. The molecular weight excluding hydrogens is 437 g/mol. The van der Waals surface area contributed by atoms with Crippen LogP contribution in [0.5, 0.6) is 0 Å². The molecule has 2 aromatic heterocycles. The summed E-state index contributed by atoms with van der Waals surface area (Å²) in [6, 6.07) is 5.62. The highest BCUT2D eigenvalue weighted by Crippen LogP contribution is 2.37. The monoisotopic (exact) mass is 454 g/mol. The topological polar surface area (TPSA) is 114 Å². The maximum absolute atomic E-state index is 13.6. The highest BCUT2D eigenvalue weighted by Gasteiger charge is 2.46. The van der Waals surface area contributed by atoms with Crippen LogP contribution in [-0.2, 0) is 4.74 Å². The molecule has 12 heteroatoms. The SMILES string of the molecule is OCC1OC(Sc2ccccn2)C(O)C(n2cc(-c3cc(F)c(F)c(F)c3)nn2)C1O. The Balaban J connectivity index is 1.64. The number of halogens is 3. The number of aliphatic hydroxyl groups is 3. The van der Waals surface area contributed by atoms with Crippen molar-refractivity contribution in [1.82, 2.24) is 20.0 Å². The highest BCUT2D eigenvalue weighted by atomic mass is 32.2. The quantitative estimate of drug-likeness (QED) is 0.498. The van der Waals surface area contributed by atoms with Gasteiger partial charge in [-0.1, -0.05) is 23.0 Å². The average Bonchev–Trinajstić information content (AvgIpc) is 3.24. The number of hydrogen-bond acceptors (Lipinski definition) is 8. The van der Waals surface area contributed by atoms with Gasteiger partial charge in [0.15, 0.2) is 17.5 Å². The molecule has 0 spiro atoms. The molecule has 4 rings (SSSR count). The Kier molecular flexibility index (Phi) is 6.25. The van der Waals surface area contributed by atoms with E-state index < -0.39 is 53.8 Å². The summed E-state index contributed by atoms with van der Waals surface area (Å²) < 4.78 is 47.1. The van der Waals surface area contributed by atoms with Crippen LogP contribution in [0.15, 0.2) is 47.8 Å². The van der Waals surface area contributed by atoms with Gasteiger partial charge in [0.2, 0.25) is 0 Å². The van der Waals surface area contributed by atoms with Gasteiger partial charge < -0.3 is 20.1 Å². The van der Waals surface area contributed by atoms with Crippen molar-refractivity contribution in [3.8, 4) is 11.3 Å². The second kappa shape index (κ2) is 8.93. The molecule has 0 bridgehead atoms. The standard InChI is InChI=1S/C19H17F3N4O4S/c20-10-5-9(6-11(21)15(10)22)12-7-26(25-24-12)16-17(28)13(8-27)30-19(18(16)29)31-14-3-1-2-4-23-14/h1-7,13,16-19,27-29H,8H2. The Morgan fingerprint density at radius 3 is 2.48 bits per heavy atom. The first-order valence-corrected chi connectivity index (χ1v) is 10.0. The van der Waals surface area contributed by atoms with Crippen molar-refractivity contribution < 1.29 is 33.2 Å². The first kappa shape index (κ1) is 21.7. The van der Waals surface area contributed by atoms with Gasteiger partial charge in [-0.2, -0.15) is 0 Å². The summed E-state index contributed by atoms with van der Waals surface area (Å²) in [5.74, 6) is -4.38. The zero-order chi connectivity index (χ0) is 22.1. The third-order valence-corrected chi connectivity index (χ3v) is 5.92. The molecule has 1 aliphatic heterocycles. The molecule has 31 heavy (non-hydrogen) atoms. The van der Waals surface area contributed by atoms with Gasteiger partial charge in [-0.25, -0.2) is 22.8 Å². The van der Waals surface area contributed by atoms with Gasteiger partial charge in [-0.15, -0.1) is 5.10 Å². The number of benzene rings is 1. The molecule has 1 aliphatic rings. The predicted octanol–water partition coefficient (Wildman–Crippen LogP) is 1.53. The molecule has 164 valence electrons. The van der Waals surface area contributed by atoms with Crippen LogP contribution in [0.4, 0.5) is 13.2 Å². The third kappa shape index (κ3) is 4.29. The molecule has 3 aromatic rings. The number of rotatable bonds is 5. The van der Waals surface area contributed by atoms with Crippen LogP contribution in [0.2, 0.25) is 0 Å². The van der Waals surface area contributed by atoms with Crippen LogP contribution in [-0.4, -0.2) is 65.7 Å². The molecule has 8 nitrogen and oxygen atoms in total. The van der Waals surface area contributed by atoms with Crippen LogP contribution in [0.25, 0.3) is 11.3 Å². The van der Waals surface area contributed by atoms with E-state index in [0.29, 0.717) is 5.03 Å². The smallest absolute Gasteiger partial charge is 0.194 e. The van der Waals surface area contributed by atoms with E-state index in [1.807, 2.05) is 0 Å². The van der Waals surface area contributed by atoms with E-state index in [9.17, 15) is 28.5 Å². The van der Waals surface area contributed by atoms with E-state index in [1.165, 1.54) is 6.20 Å². The predicted molar refractivity (Wildman–Crippen MR) is 102 cm³/mol. The number of thioether (sulfide) groups is 1. The molecule has 0 aliphatic carbocycles. The minimum Gasteiger partial charge on any atom is -0.394 e. The zero-order valence-electron chi connectivity index (χ0n) is 15.7. The molecule has 3 heterocycles. The summed E-state index contributed by atoms with van der Waals surface area (Å²) in [7, 11) is 0. The Labute approximate surface area is 178 Å². The van der Waals surface area contributed by atoms with Gasteiger partial charge in [0.05, 0.1) is 17.8 Å². The summed E-state index contributed by atoms with van der Waals surface area (Å²) in [6.45, 7) is -0.528. The number of ether oxygens (including phenoxy) is 1. The lowest BCUT2D eigenvalue weighted by molar-refractivity contribution is -0.178. The zero-order valence-corrected chi connectivity index (χ0v) is 16.5. The lowest BCUT2D eigenvalue weighted by Crippen LogP contribution is -2.55. The van der Waals surface area contributed by atoms with Crippen molar-refractivity contribution >= 4 is 11.8 Å². The first-order chi connectivity index (χ1) is 14.9. The molecule has 0 amide bonds. The number of aromatic nitrogens is 4. The Hall–Kier alpha value is -2.51. The van der Waals surface area contributed by atoms with E-state index in [1.54, 1.807) is 24.4 Å². The fraction of sp³-hybridized carbons (Fsp3) is 0.316. The van der Waals surface area contributed by atoms with Crippen LogP contribution in [0.1, 0.15) is 6.04 Å². The van der Waals surface area contributed by atoms with E-state index in [-0.39, 0.29) is 11.3 Å². The van der Waals surface area contributed by atoms with Crippen LogP contribution >= 0.6 is 11.8 Å². The molecule has 0 radical (unpaired) electrons. The minimum atomic E-state index is -1.61. The second-order valence-corrected chi connectivity index (χ2v) is 7.94. The molecule has 5 atom stereocenters. The molecule has 5 unspecified atom stereocenters. The minimum absolute atomic E-state index is 0.00169. The van der Waals surface area contributed by atoms with Crippen molar-refractivity contribution in [3.05, 3.63) is 60.2 Å². The fourth-order valence-electron chi connectivity index (χ4n) is 3.27. The number of hydrogen-bond donors (Lipinski definition) is 3. The summed E-state index contributed by atoms with van der Waals surface area (Å²) >= 11 is 1.09. The number of nitrogens with zero attached hydrogens (tertiary/aromatic N) is 4. The summed E-state index contributed by atoms with van der Waals surface area (Å²) in [5, 5.41) is 39.3. The number of pyridine rings is 1. The van der Waals surface area contributed by atoms with Crippen molar-refractivity contribution in [1.29, 1.82) is 0 Å². The summed E-state index contributed by atoms with van der Waals surface area (Å²) in [4.78, 5) is 4.15. The lowest BCUT2D eigenvalue weighted by Gasteiger charge is -2.41. The van der Waals surface area contributed by atoms with Gasteiger partial charge in [0.25, 0.3) is 0 Å². The Bertz CT molecular complexity index is 1030. The lowest BCUT2D eigenvalue weighted by atomic mass is 9.97. The normalized spacial score (nSPS) is 26.2. The van der Waals surface area contributed by atoms with Gasteiger partial charge in [-0.05, 0) is 24.3 Å². The van der Waals surface area contributed by atoms with E-state index >= 15 is 0 Å². The molecule has 1 saturated heterocycles. The van der Waals surface area contributed by atoms with E-state index in [4.69, 9.17) is 4.74 Å². The Morgan fingerprint density at radius 2 is 1.84 bits per heavy atom. The second-order valence-electron chi connectivity index (χ2n) is 6.82. The molecule has 3 N–H and O–H groups in total.